The molecule has 4 nitrogen and oxygen atoms in total. The predicted molar refractivity (Wildman–Crippen MR) is 79.3 cm³/mol. The summed E-state index contributed by atoms with van der Waals surface area (Å²) >= 11 is 4.96. The van der Waals surface area contributed by atoms with Crippen LogP contribution in [0.15, 0.2) is 37.2 Å². The molecule has 0 fully saturated rings. The first-order valence-corrected chi connectivity index (χ1v) is 7.71. The van der Waals surface area contributed by atoms with E-state index in [1.165, 1.54) is 17.3 Å². The summed E-state index contributed by atoms with van der Waals surface area (Å²) in [7, 11) is 0. The minimum Gasteiger partial charge on any atom is -0.416 e. The Morgan fingerprint density at radius 3 is 2.84 bits per heavy atom. The fraction of sp³-hybridized carbons (Fsp3) is 0.385. The molecule has 0 saturated carbocycles. The molecule has 1 aromatic carbocycles. The van der Waals surface area contributed by atoms with Gasteiger partial charge in [0.25, 0.3) is 5.22 Å². The van der Waals surface area contributed by atoms with Gasteiger partial charge in [-0.05, 0) is 42.3 Å². The quantitative estimate of drug-likeness (QED) is 0.900. The number of hydrogen-bond donors (Lipinski definition) is 1. The predicted octanol–water partition coefficient (Wildman–Crippen LogP) is 3.57. The summed E-state index contributed by atoms with van der Waals surface area (Å²) in [6, 6.07) is 6.35. The van der Waals surface area contributed by atoms with Crippen LogP contribution in [0.5, 0.6) is 0 Å². The largest absolute Gasteiger partial charge is 0.416 e. The normalized spacial score (nSPS) is 12.6. The smallest absolute Gasteiger partial charge is 0.281 e. The van der Waals surface area contributed by atoms with Crippen molar-refractivity contribution in [3.8, 4) is 0 Å². The zero-order valence-electron chi connectivity index (χ0n) is 10.9. The molecule has 2 rings (SSSR count). The van der Waals surface area contributed by atoms with Gasteiger partial charge in [-0.2, -0.15) is 0 Å². The standard InChI is InChI=1S/C13H16BrN3OS/c1-3-11(15)6-9-4-5-10(14)7-12(9)19-13-17-16-8(2)18-13/h4-5,7,11H,3,6,15H2,1-2H3. The first-order valence-electron chi connectivity index (χ1n) is 6.10. The Labute approximate surface area is 125 Å². The average molecular weight is 342 g/mol. The summed E-state index contributed by atoms with van der Waals surface area (Å²) in [6.45, 7) is 3.88. The lowest BCUT2D eigenvalue weighted by atomic mass is 10.1. The van der Waals surface area contributed by atoms with E-state index in [-0.39, 0.29) is 6.04 Å². The van der Waals surface area contributed by atoms with Crippen molar-refractivity contribution in [2.45, 2.75) is 42.8 Å². The third-order valence-corrected chi connectivity index (χ3v) is 4.17. The molecule has 0 bridgehead atoms. The summed E-state index contributed by atoms with van der Waals surface area (Å²) < 4.78 is 6.44. The van der Waals surface area contributed by atoms with Gasteiger partial charge in [-0.1, -0.05) is 28.9 Å². The van der Waals surface area contributed by atoms with Gasteiger partial charge in [-0.25, -0.2) is 0 Å². The van der Waals surface area contributed by atoms with E-state index in [4.69, 9.17) is 10.2 Å². The Balaban J connectivity index is 2.24. The molecule has 1 atom stereocenters. The van der Waals surface area contributed by atoms with Gasteiger partial charge in [0.1, 0.15) is 0 Å². The molecule has 6 heteroatoms. The summed E-state index contributed by atoms with van der Waals surface area (Å²) in [5.41, 5.74) is 7.24. The third kappa shape index (κ3) is 4.06. The number of nitrogens with zero attached hydrogens (tertiary/aromatic N) is 2. The van der Waals surface area contributed by atoms with Crippen LogP contribution < -0.4 is 5.73 Å². The molecule has 2 aromatic rings. The van der Waals surface area contributed by atoms with Crippen molar-refractivity contribution >= 4 is 27.7 Å². The zero-order chi connectivity index (χ0) is 13.8. The van der Waals surface area contributed by atoms with Crippen LogP contribution in [0.3, 0.4) is 0 Å². The molecule has 1 heterocycles. The molecule has 2 N–H and O–H groups in total. The van der Waals surface area contributed by atoms with Crippen LogP contribution in [0.4, 0.5) is 0 Å². The van der Waals surface area contributed by atoms with Crippen LogP contribution in [0.2, 0.25) is 0 Å². The molecule has 0 saturated heterocycles. The molecule has 0 spiro atoms. The van der Waals surface area contributed by atoms with Crippen LogP contribution in [0.1, 0.15) is 24.8 Å². The lowest BCUT2D eigenvalue weighted by Crippen LogP contribution is -2.21. The maximum atomic E-state index is 6.04. The highest BCUT2D eigenvalue weighted by Crippen LogP contribution is 2.32. The minimum atomic E-state index is 0.171. The molecule has 1 aromatic heterocycles. The minimum absolute atomic E-state index is 0.171. The number of nitrogens with two attached hydrogens (primary N) is 1. The van der Waals surface area contributed by atoms with Crippen LogP contribution >= 0.6 is 27.7 Å². The highest BCUT2D eigenvalue weighted by Gasteiger charge is 2.12. The molecule has 0 aliphatic carbocycles. The molecular weight excluding hydrogens is 326 g/mol. The van der Waals surface area contributed by atoms with Crippen molar-refractivity contribution in [2.24, 2.45) is 5.73 Å². The number of halogens is 1. The first kappa shape index (κ1) is 14.6. The molecule has 102 valence electrons. The lowest BCUT2D eigenvalue weighted by molar-refractivity contribution is 0.429. The van der Waals surface area contributed by atoms with Gasteiger partial charge < -0.3 is 10.2 Å². The SMILES string of the molecule is CCC(N)Cc1ccc(Br)cc1Sc1nnc(C)o1. The number of aryl methyl sites for hydroxylation is 1. The maximum absolute atomic E-state index is 6.04. The molecule has 19 heavy (non-hydrogen) atoms. The van der Waals surface area contributed by atoms with Gasteiger partial charge in [0, 0.05) is 22.3 Å². The van der Waals surface area contributed by atoms with E-state index in [0.717, 1.165) is 22.2 Å². The van der Waals surface area contributed by atoms with Crippen LogP contribution in [-0.2, 0) is 6.42 Å². The van der Waals surface area contributed by atoms with Gasteiger partial charge in [0.15, 0.2) is 0 Å². The Morgan fingerprint density at radius 1 is 1.42 bits per heavy atom. The molecule has 1 unspecified atom stereocenters. The van der Waals surface area contributed by atoms with Gasteiger partial charge in [0.2, 0.25) is 5.89 Å². The molecule has 0 aliphatic heterocycles. The maximum Gasteiger partial charge on any atom is 0.281 e. The van der Waals surface area contributed by atoms with E-state index < -0.39 is 0 Å². The molecule has 0 amide bonds. The van der Waals surface area contributed by atoms with E-state index in [1.54, 1.807) is 6.92 Å². The zero-order valence-corrected chi connectivity index (χ0v) is 13.3. The fourth-order valence-corrected chi connectivity index (χ4v) is 3.05. The number of hydrogen-bond acceptors (Lipinski definition) is 5. The molecular formula is C13H16BrN3OS. The van der Waals surface area contributed by atoms with E-state index in [1.807, 2.05) is 6.07 Å². The Hall–Kier alpha value is -0.850. The summed E-state index contributed by atoms with van der Waals surface area (Å²) in [5.74, 6) is 0.573. The fourth-order valence-electron chi connectivity index (χ4n) is 1.63. The van der Waals surface area contributed by atoms with E-state index in [9.17, 15) is 0 Å². The third-order valence-electron chi connectivity index (χ3n) is 2.74. The highest BCUT2D eigenvalue weighted by atomic mass is 79.9. The lowest BCUT2D eigenvalue weighted by Gasteiger charge is -2.12. The number of benzene rings is 1. The van der Waals surface area contributed by atoms with E-state index in [0.29, 0.717) is 11.1 Å². The van der Waals surface area contributed by atoms with Gasteiger partial charge in [-0.15, -0.1) is 10.2 Å². The van der Waals surface area contributed by atoms with Crippen molar-refractivity contribution in [3.63, 3.8) is 0 Å². The van der Waals surface area contributed by atoms with Gasteiger partial charge in [-0.3, -0.25) is 0 Å². The first-order chi connectivity index (χ1) is 9.08. The average Bonchev–Trinajstić information content (AvgIpc) is 2.78. The van der Waals surface area contributed by atoms with Crippen molar-refractivity contribution < 1.29 is 4.42 Å². The van der Waals surface area contributed by atoms with Crippen LogP contribution in [-0.4, -0.2) is 16.2 Å². The Bertz CT molecular complexity index is 559. The summed E-state index contributed by atoms with van der Waals surface area (Å²) in [4.78, 5) is 1.10. The van der Waals surface area contributed by atoms with Crippen molar-refractivity contribution in [1.29, 1.82) is 0 Å². The Kier molecular flexibility index (Phi) is 5.01. The van der Waals surface area contributed by atoms with Crippen molar-refractivity contribution in [2.75, 3.05) is 0 Å². The number of rotatable bonds is 5. The second-order valence-electron chi connectivity index (χ2n) is 4.31. The summed E-state index contributed by atoms with van der Waals surface area (Å²) in [6.07, 6.45) is 1.80. The number of aromatic nitrogens is 2. The van der Waals surface area contributed by atoms with Crippen molar-refractivity contribution in [3.05, 3.63) is 34.1 Å². The summed E-state index contributed by atoms with van der Waals surface area (Å²) in [5, 5.41) is 8.41. The molecule has 0 radical (unpaired) electrons. The topological polar surface area (TPSA) is 64.9 Å². The Morgan fingerprint density at radius 2 is 2.21 bits per heavy atom. The van der Waals surface area contributed by atoms with E-state index in [2.05, 4.69) is 45.2 Å². The molecule has 0 aliphatic rings. The van der Waals surface area contributed by atoms with Gasteiger partial charge in [0.05, 0.1) is 0 Å². The van der Waals surface area contributed by atoms with Crippen LogP contribution in [0.25, 0.3) is 0 Å². The van der Waals surface area contributed by atoms with Gasteiger partial charge >= 0.3 is 0 Å². The van der Waals surface area contributed by atoms with Crippen molar-refractivity contribution in [1.82, 2.24) is 10.2 Å². The van der Waals surface area contributed by atoms with E-state index >= 15 is 0 Å². The second kappa shape index (κ2) is 6.54. The van der Waals surface area contributed by atoms with Crippen LogP contribution in [0, 0.1) is 6.92 Å². The second-order valence-corrected chi connectivity index (χ2v) is 6.22. The monoisotopic (exact) mass is 341 g/mol. The highest BCUT2D eigenvalue weighted by molar-refractivity contribution is 9.10.